The molecule has 0 radical (unpaired) electrons. The quantitative estimate of drug-likeness (QED) is 0.914. The number of carbonyl (C=O) groups is 2. The number of nitrogens with one attached hydrogen (secondary N) is 1. The summed E-state index contributed by atoms with van der Waals surface area (Å²) in [7, 11) is 1.98. The molecule has 1 aromatic carbocycles. The average Bonchev–Trinajstić information content (AvgIpc) is 3.10. The Bertz CT molecular complexity index is 736. The van der Waals surface area contributed by atoms with Gasteiger partial charge in [-0.1, -0.05) is 30.3 Å². The van der Waals surface area contributed by atoms with Crippen LogP contribution in [0.25, 0.3) is 0 Å². The highest BCUT2D eigenvalue weighted by atomic mass is 16.2. The summed E-state index contributed by atoms with van der Waals surface area (Å²) in [6.45, 7) is 3.58. The number of rotatable bonds is 5. The van der Waals surface area contributed by atoms with Crippen molar-refractivity contribution in [2.24, 2.45) is 13.0 Å². The molecule has 1 fully saturated rings. The van der Waals surface area contributed by atoms with Crippen LogP contribution in [0.1, 0.15) is 23.4 Å². The molecule has 0 aliphatic carbocycles. The van der Waals surface area contributed by atoms with E-state index in [9.17, 15) is 9.59 Å². The molecule has 3 rings (SSSR count). The summed E-state index contributed by atoms with van der Waals surface area (Å²) in [5.41, 5.74) is 3.31. The molecular weight excluding hydrogens is 302 g/mol. The third-order valence-electron chi connectivity index (χ3n) is 4.72. The van der Waals surface area contributed by atoms with E-state index < -0.39 is 0 Å². The molecule has 0 unspecified atom stereocenters. The fraction of sp³-hybridized carbons (Fsp3) is 0.368. The number of hydrogen-bond donors (Lipinski definition) is 1. The minimum Gasteiger partial charge on any atom is -0.350 e. The smallest absolute Gasteiger partial charge is 0.225 e. The van der Waals surface area contributed by atoms with Gasteiger partial charge in [-0.3, -0.25) is 9.59 Å². The zero-order valence-corrected chi connectivity index (χ0v) is 14.2. The standard InChI is InChI=1S/C19H23N3O2/c1-14-8-9-17(21(14)2)11-20-19(24)16-10-18(23)22(13-16)12-15-6-4-3-5-7-15/h3-9,16H,10-13H2,1-2H3,(H,20,24)/t16-/m1/s1. The molecule has 1 aliphatic rings. The summed E-state index contributed by atoms with van der Waals surface area (Å²) in [6, 6.07) is 13.9. The highest BCUT2D eigenvalue weighted by molar-refractivity contribution is 5.89. The van der Waals surface area contributed by atoms with Gasteiger partial charge < -0.3 is 14.8 Å². The number of aryl methyl sites for hydroxylation is 1. The fourth-order valence-corrected chi connectivity index (χ4v) is 3.07. The Hall–Kier alpha value is -2.56. The maximum absolute atomic E-state index is 12.4. The van der Waals surface area contributed by atoms with Crippen molar-refractivity contribution in [3.05, 3.63) is 59.4 Å². The Morgan fingerprint density at radius 1 is 1.21 bits per heavy atom. The average molecular weight is 325 g/mol. The van der Waals surface area contributed by atoms with E-state index >= 15 is 0 Å². The maximum atomic E-state index is 12.4. The van der Waals surface area contributed by atoms with Crippen molar-refractivity contribution < 1.29 is 9.59 Å². The predicted molar refractivity (Wildman–Crippen MR) is 92.0 cm³/mol. The summed E-state index contributed by atoms with van der Waals surface area (Å²) >= 11 is 0. The first kappa shape index (κ1) is 16.3. The Kier molecular flexibility index (Phi) is 4.69. The van der Waals surface area contributed by atoms with Gasteiger partial charge in [-0.2, -0.15) is 0 Å². The highest BCUT2D eigenvalue weighted by Crippen LogP contribution is 2.20. The van der Waals surface area contributed by atoms with Crippen LogP contribution in [0.2, 0.25) is 0 Å². The topological polar surface area (TPSA) is 54.3 Å². The van der Waals surface area contributed by atoms with E-state index in [0.717, 1.165) is 17.0 Å². The summed E-state index contributed by atoms with van der Waals surface area (Å²) in [5, 5.41) is 2.96. The van der Waals surface area contributed by atoms with E-state index in [1.54, 1.807) is 4.90 Å². The fourth-order valence-electron chi connectivity index (χ4n) is 3.07. The van der Waals surface area contributed by atoms with Crippen molar-refractivity contribution >= 4 is 11.8 Å². The summed E-state index contributed by atoms with van der Waals surface area (Å²) in [5.74, 6) is -0.256. The Morgan fingerprint density at radius 3 is 2.62 bits per heavy atom. The first-order valence-electron chi connectivity index (χ1n) is 8.25. The summed E-state index contributed by atoms with van der Waals surface area (Å²) in [4.78, 5) is 26.3. The molecular formula is C19H23N3O2. The molecule has 126 valence electrons. The van der Waals surface area contributed by atoms with E-state index in [2.05, 4.69) is 9.88 Å². The van der Waals surface area contributed by atoms with Gasteiger partial charge in [0.2, 0.25) is 11.8 Å². The van der Waals surface area contributed by atoms with Crippen LogP contribution in [0.15, 0.2) is 42.5 Å². The Labute approximate surface area is 142 Å². The number of hydrogen-bond acceptors (Lipinski definition) is 2. The third kappa shape index (κ3) is 3.50. The molecule has 0 bridgehead atoms. The second-order valence-corrected chi connectivity index (χ2v) is 6.40. The number of nitrogens with zero attached hydrogens (tertiary/aromatic N) is 2. The molecule has 1 aliphatic heterocycles. The number of benzene rings is 1. The van der Waals surface area contributed by atoms with E-state index in [-0.39, 0.29) is 17.7 Å². The first-order valence-corrected chi connectivity index (χ1v) is 8.25. The van der Waals surface area contributed by atoms with Gasteiger partial charge in [-0.25, -0.2) is 0 Å². The van der Waals surface area contributed by atoms with Crippen LogP contribution in [-0.2, 0) is 29.7 Å². The first-order chi connectivity index (χ1) is 11.5. The lowest BCUT2D eigenvalue weighted by atomic mass is 10.1. The van der Waals surface area contributed by atoms with Crippen LogP contribution in [0, 0.1) is 12.8 Å². The normalized spacial score (nSPS) is 17.3. The summed E-state index contributed by atoms with van der Waals surface area (Å²) in [6.07, 6.45) is 0.296. The van der Waals surface area contributed by atoms with Crippen LogP contribution in [0.5, 0.6) is 0 Å². The van der Waals surface area contributed by atoms with Gasteiger partial charge in [0.1, 0.15) is 0 Å². The minimum absolute atomic E-state index is 0.0437. The second kappa shape index (κ2) is 6.91. The maximum Gasteiger partial charge on any atom is 0.225 e. The van der Waals surface area contributed by atoms with Crippen molar-refractivity contribution in [2.75, 3.05) is 6.54 Å². The van der Waals surface area contributed by atoms with Gasteiger partial charge in [0.05, 0.1) is 12.5 Å². The van der Waals surface area contributed by atoms with Crippen LogP contribution in [-0.4, -0.2) is 27.8 Å². The molecule has 5 heteroatoms. The Morgan fingerprint density at radius 2 is 1.96 bits per heavy atom. The van der Waals surface area contributed by atoms with Gasteiger partial charge in [0, 0.05) is 37.9 Å². The second-order valence-electron chi connectivity index (χ2n) is 6.40. The van der Waals surface area contributed by atoms with Crippen molar-refractivity contribution in [3.8, 4) is 0 Å². The molecule has 1 atom stereocenters. The highest BCUT2D eigenvalue weighted by Gasteiger charge is 2.34. The van der Waals surface area contributed by atoms with Crippen molar-refractivity contribution in [3.63, 3.8) is 0 Å². The van der Waals surface area contributed by atoms with Gasteiger partial charge in [-0.15, -0.1) is 0 Å². The van der Waals surface area contributed by atoms with Gasteiger partial charge >= 0.3 is 0 Å². The van der Waals surface area contributed by atoms with Gasteiger partial charge in [0.15, 0.2) is 0 Å². The number of amides is 2. The minimum atomic E-state index is -0.262. The number of carbonyl (C=O) groups excluding carboxylic acids is 2. The SMILES string of the molecule is Cc1ccc(CNC(=O)[C@@H]2CC(=O)N(Cc3ccccc3)C2)n1C. The zero-order chi connectivity index (χ0) is 17.1. The lowest BCUT2D eigenvalue weighted by molar-refractivity contribution is -0.129. The molecule has 5 nitrogen and oxygen atoms in total. The van der Waals surface area contributed by atoms with E-state index in [1.165, 1.54) is 0 Å². The third-order valence-corrected chi connectivity index (χ3v) is 4.72. The predicted octanol–water partition coefficient (Wildman–Crippen LogP) is 2.00. The van der Waals surface area contributed by atoms with Crippen molar-refractivity contribution in [1.29, 1.82) is 0 Å². The van der Waals surface area contributed by atoms with Crippen LogP contribution in [0.4, 0.5) is 0 Å². The molecule has 1 saturated heterocycles. The molecule has 1 N–H and O–H groups in total. The lowest BCUT2D eigenvalue weighted by Gasteiger charge is -2.16. The lowest BCUT2D eigenvalue weighted by Crippen LogP contribution is -2.33. The zero-order valence-electron chi connectivity index (χ0n) is 14.2. The molecule has 0 saturated carbocycles. The van der Waals surface area contributed by atoms with Crippen LogP contribution in [0.3, 0.4) is 0 Å². The van der Waals surface area contributed by atoms with Crippen LogP contribution < -0.4 is 5.32 Å². The largest absolute Gasteiger partial charge is 0.350 e. The molecule has 2 aromatic rings. The van der Waals surface area contributed by atoms with Crippen molar-refractivity contribution in [2.45, 2.75) is 26.4 Å². The summed E-state index contributed by atoms with van der Waals surface area (Å²) < 4.78 is 2.06. The number of aromatic nitrogens is 1. The molecule has 2 heterocycles. The van der Waals surface area contributed by atoms with Crippen LogP contribution >= 0.6 is 0 Å². The molecule has 2 amide bonds. The van der Waals surface area contributed by atoms with Gasteiger partial charge in [0.25, 0.3) is 0 Å². The number of likely N-dealkylation sites (tertiary alicyclic amines) is 1. The molecule has 1 aromatic heterocycles. The monoisotopic (exact) mass is 325 g/mol. The van der Waals surface area contributed by atoms with E-state index in [4.69, 9.17) is 0 Å². The van der Waals surface area contributed by atoms with E-state index in [1.807, 2.05) is 56.4 Å². The molecule has 0 spiro atoms. The van der Waals surface area contributed by atoms with E-state index in [0.29, 0.717) is 26.1 Å². The molecule has 24 heavy (non-hydrogen) atoms. The van der Waals surface area contributed by atoms with Crippen molar-refractivity contribution in [1.82, 2.24) is 14.8 Å². The van der Waals surface area contributed by atoms with Gasteiger partial charge in [-0.05, 0) is 24.6 Å². The Balaban J connectivity index is 1.55.